The Hall–Kier alpha value is -1.98. The van der Waals surface area contributed by atoms with Crippen molar-refractivity contribution in [2.24, 2.45) is 0 Å². The minimum atomic E-state index is -0.518. The molecular formula is C8H8N3O3. The summed E-state index contributed by atoms with van der Waals surface area (Å²) in [5, 5.41) is 13.5. The maximum Gasteiger partial charge on any atom is 0.294 e. The molecule has 2 rings (SSSR count). The van der Waals surface area contributed by atoms with Crippen LogP contribution in [0, 0.1) is 16.7 Å². The summed E-state index contributed by atoms with van der Waals surface area (Å²) in [6.07, 6.45) is 0. The van der Waals surface area contributed by atoms with Crippen LogP contribution < -0.4 is 15.8 Å². The van der Waals surface area contributed by atoms with Crippen LogP contribution in [0.3, 0.4) is 0 Å². The third-order valence-electron chi connectivity index (χ3n) is 1.91. The Morgan fingerprint density at radius 1 is 1.57 bits per heavy atom. The molecule has 14 heavy (non-hydrogen) atoms. The lowest BCUT2D eigenvalue weighted by Gasteiger charge is -2.18. The van der Waals surface area contributed by atoms with Gasteiger partial charge in [-0.1, -0.05) is 0 Å². The van der Waals surface area contributed by atoms with Crippen LogP contribution in [0.25, 0.3) is 0 Å². The van der Waals surface area contributed by atoms with Gasteiger partial charge in [0, 0.05) is 12.1 Å². The lowest BCUT2D eigenvalue weighted by Crippen LogP contribution is -2.13. The number of fused-ring (bicyclic) bond motifs is 1. The summed E-state index contributed by atoms with van der Waals surface area (Å²) in [5.74, 6) is 0.513. The van der Waals surface area contributed by atoms with Crippen molar-refractivity contribution < 1.29 is 9.66 Å². The molecule has 1 aliphatic rings. The number of nitrogens with zero attached hydrogens (tertiary/aromatic N) is 1. The number of nitrogens with one attached hydrogen (secondary N) is 1. The van der Waals surface area contributed by atoms with Crippen molar-refractivity contribution in [1.82, 2.24) is 0 Å². The van der Waals surface area contributed by atoms with Crippen LogP contribution in [-0.2, 0) is 0 Å². The van der Waals surface area contributed by atoms with Gasteiger partial charge in [0.15, 0.2) is 6.61 Å². The predicted molar refractivity (Wildman–Crippen MR) is 50.9 cm³/mol. The zero-order valence-electron chi connectivity index (χ0n) is 7.19. The Kier molecular flexibility index (Phi) is 1.88. The summed E-state index contributed by atoms with van der Waals surface area (Å²) < 4.78 is 5.15. The van der Waals surface area contributed by atoms with E-state index in [4.69, 9.17) is 10.5 Å². The van der Waals surface area contributed by atoms with Crippen molar-refractivity contribution in [2.75, 3.05) is 17.6 Å². The number of hydrogen-bond donors (Lipinski definition) is 2. The SMILES string of the molecule is Nc1cc2c(cc1[N+](=O)[O-])NC[CH]O2. The van der Waals surface area contributed by atoms with Crippen molar-refractivity contribution in [1.29, 1.82) is 0 Å². The number of nitro groups is 1. The van der Waals surface area contributed by atoms with Gasteiger partial charge in [-0.3, -0.25) is 10.1 Å². The number of benzene rings is 1. The van der Waals surface area contributed by atoms with Crippen molar-refractivity contribution in [3.8, 4) is 5.75 Å². The summed E-state index contributed by atoms with van der Waals surface area (Å²) >= 11 is 0. The molecule has 0 bridgehead atoms. The van der Waals surface area contributed by atoms with Gasteiger partial charge in [-0.2, -0.15) is 0 Å². The molecule has 0 fully saturated rings. The maximum atomic E-state index is 10.6. The first-order valence-electron chi connectivity index (χ1n) is 3.98. The first-order chi connectivity index (χ1) is 6.68. The minimum Gasteiger partial charge on any atom is -0.482 e. The zero-order valence-corrected chi connectivity index (χ0v) is 7.19. The largest absolute Gasteiger partial charge is 0.482 e. The number of ether oxygens (including phenoxy) is 1. The lowest BCUT2D eigenvalue weighted by atomic mass is 10.2. The topological polar surface area (TPSA) is 90.4 Å². The van der Waals surface area contributed by atoms with Gasteiger partial charge in [-0.25, -0.2) is 0 Å². The molecule has 73 valence electrons. The molecule has 6 heteroatoms. The van der Waals surface area contributed by atoms with Crippen LogP contribution in [0.1, 0.15) is 0 Å². The van der Waals surface area contributed by atoms with Crippen LogP contribution in [0.15, 0.2) is 12.1 Å². The van der Waals surface area contributed by atoms with E-state index >= 15 is 0 Å². The van der Waals surface area contributed by atoms with Crippen LogP contribution in [0.2, 0.25) is 0 Å². The number of nitro benzene ring substituents is 1. The molecule has 1 aromatic rings. The van der Waals surface area contributed by atoms with Crippen molar-refractivity contribution in [3.63, 3.8) is 0 Å². The minimum absolute atomic E-state index is 0.103. The molecule has 0 atom stereocenters. The number of rotatable bonds is 1. The Balaban J connectivity index is 2.50. The molecule has 1 aromatic carbocycles. The normalized spacial score (nSPS) is 13.7. The zero-order chi connectivity index (χ0) is 10.1. The van der Waals surface area contributed by atoms with Crippen molar-refractivity contribution >= 4 is 17.1 Å². The number of anilines is 2. The average Bonchev–Trinajstić information content (AvgIpc) is 2.16. The first kappa shape index (κ1) is 8.61. The molecule has 0 aliphatic carbocycles. The lowest BCUT2D eigenvalue weighted by molar-refractivity contribution is -0.383. The smallest absolute Gasteiger partial charge is 0.294 e. The Morgan fingerprint density at radius 3 is 3.07 bits per heavy atom. The second kappa shape index (κ2) is 3.06. The molecule has 0 aromatic heterocycles. The number of nitrogen functional groups attached to an aromatic ring is 1. The van der Waals surface area contributed by atoms with Crippen LogP contribution in [0.5, 0.6) is 5.75 Å². The van der Waals surface area contributed by atoms with Crippen LogP contribution in [-0.4, -0.2) is 11.5 Å². The summed E-state index contributed by atoms with van der Waals surface area (Å²) in [5.41, 5.74) is 6.07. The highest BCUT2D eigenvalue weighted by molar-refractivity contribution is 5.73. The van der Waals surface area contributed by atoms with Gasteiger partial charge in [0.1, 0.15) is 11.4 Å². The van der Waals surface area contributed by atoms with Crippen LogP contribution in [0.4, 0.5) is 17.1 Å². The van der Waals surface area contributed by atoms with Crippen molar-refractivity contribution in [2.45, 2.75) is 0 Å². The van der Waals surface area contributed by atoms with Gasteiger partial charge in [-0.15, -0.1) is 0 Å². The van der Waals surface area contributed by atoms with Gasteiger partial charge in [-0.05, 0) is 0 Å². The van der Waals surface area contributed by atoms with E-state index in [1.54, 1.807) is 6.61 Å². The highest BCUT2D eigenvalue weighted by Crippen LogP contribution is 2.36. The highest BCUT2D eigenvalue weighted by atomic mass is 16.6. The first-order valence-corrected chi connectivity index (χ1v) is 3.98. The quantitative estimate of drug-likeness (QED) is 0.397. The van der Waals surface area contributed by atoms with E-state index in [0.717, 1.165) is 0 Å². The number of hydrogen-bond acceptors (Lipinski definition) is 5. The van der Waals surface area contributed by atoms with Gasteiger partial charge < -0.3 is 15.8 Å². The predicted octanol–water partition coefficient (Wildman–Crippen LogP) is 1.14. The van der Waals surface area contributed by atoms with Gasteiger partial charge in [0.05, 0.1) is 17.2 Å². The fraction of sp³-hybridized carbons (Fsp3) is 0.125. The van der Waals surface area contributed by atoms with E-state index in [2.05, 4.69) is 5.32 Å². The maximum absolute atomic E-state index is 10.6. The fourth-order valence-corrected chi connectivity index (χ4v) is 1.26. The molecule has 1 heterocycles. The molecule has 6 nitrogen and oxygen atoms in total. The summed E-state index contributed by atoms with van der Waals surface area (Å²) in [6.45, 7) is 2.08. The Morgan fingerprint density at radius 2 is 2.36 bits per heavy atom. The van der Waals surface area contributed by atoms with E-state index in [-0.39, 0.29) is 11.4 Å². The molecular weight excluding hydrogens is 186 g/mol. The van der Waals surface area contributed by atoms with E-state index in [9.17, 15) is 10.1 Å². The van der Waals surface area contributed by atoms with Crippen LogP contribution >= 0.6 is 0 Å². The Labute approximate surface area is 79.8 Å². The third-order valence-corrected chi connectivity index (χ3v) is 1.91. The average molecular weight is 194 g/mol. The van der Waals surface area contributed by atoms with Gasteiger partial charge in [0.2, 0.25) is 0 Å². The molecule has 0 saturated heterocycles. The summed E-state index contributed by atoms with van der Waals surface area (Å²) in [6, 6.07) is 2.81. The molecule has 0 spiro atoms. The monoisotopic (exact) mass is 194 g/mol. The van der Waals surface area contributed by atoms with E-state index in [1.165, 1.54) is 12.1 Å². The fourth-order valence-electron chi connectivity index (χ4n) is 1.26. The standard InChI is InChI=1S/C8H8N3O3/c9-5-3-8-6(10-1-2-14-8)4-7(5)11(12)13/h2-4,10H,1,9H2. The van der Waals surface area contributed by atoms with E-state index in [1.807, 2.05) is 0 Å². The molecule has 1 aliphatic heterocycles. The molecule has 1 radical (unpaired) electrons. The molecule has 0 unspecified atom stereocenters. The van der Waals surface area contributed by atoms with Crippen molar-refractivity contribution in [3.05, 3.63) is 28.9 Å². The number of nitrogens with two attached hydrogens (primary N) is 1. The second-order valence-corrected chi connectivity index (χ2v) is 2.83. The second-order valence-electron chi connectivity index (χ2n) is 2.83. The molecule has 0 amide bonds. The Bertz CT molecular complexity index is 392. The molecule has 3 N–H and O–H groups in total. The summed E-state index contributed by atoms with van der Waals surface area (Å²) in [7, 11) is 0. The third kappa shape index (κ3) is 1.30. The van der Waals surface area contributed by atoms with Gasteiger partial charge in [0.25, 0.3) is 5.69 Å². The van der Waals surface area contributed by atoms with E-state index in [0.29, 0.717) is 18.0 Å². The van der Waals surface area contributed by atoms with E-state index < -0.39 is 4.92 Å². The van der Waals surface area contributed by atoms with Gasteiger partial charge >= 0.3 is 0 Å². The molecule has 0 saturated carbocycles. The summed E-state index contributed by atoms with van der Waals surface area (Å²) in [4.78, 5) is 10.0. The highest BCUT2D eigenvalue weighted by Gasteiger charge is 2.18.